The molecule has 0 saturated heterocycles. The summed E-state index contributed by atoms with van der Waals surface area (Å²) in [6, 6.07) is 0. The molecule has 1 aliphatic carbocycles. The van der Waals surface area contributed by atoms with E-state index < -0.39 is 46.3 Å². The molecule has 0 radical (unpaired) electrons. The normalized spacial score (nSPS) is 24.4. The van der Waals surface area contributed by atoms with Crippen LogP contribution in [0.3, 0.4) is 0 Å². The van der Waals surface area contributed by atoms with Crippen molar-refractivity contribution in [3.8, 4) is 0 Å². The summed E-state index contributed by atoms with van der Waals surface area (Å²) in [6.45, 7) is -0.712. The third kappa shape index (κ3) is 4.64. The summed E-state index contributed by atoms with van der Waals surface area (Å²) >= 11 is 0. The van der Waals surface area contributed by atoms with E-state index in [1.54, 1.807) is 0 Å². The molecule has 0 aromatic rings. The lowest BCUT2D eigenvalue weighted by molar-refractivity contribution is -0.145. The van der Waals surface area contributed by atoms with E-state index in [0.717, 1.165) is 7.11 Å². The molecule has 0 aromatic heterocycles. The molecular formula is C10H16F3NO4S. The third-order valence-corrected chi connectivity index (χ3v) is 5.03. The minimum Gasteiger partial charge on any atom is -0.469 e. The number of carbonyl (C=O) groups excluding carboxylic acids is 1. The number of halogens is 3. The number of alkyl halides is 3. The Bertz CT molecular complexity index is 421. The molecule has 19 heavy (non-hydrogen) atoms. The van der Waals surface area contributed by atoms with Crippen molar-refractivity contribution in [3.05, 3.63) is 0 Å². The molecule has 0 bridgehead atoms. The van der Waals surface area contributed by atoms with E-state index in [9.17, 15) is 26.4 Å². The van der Waals surface area contributed by atoms with E-state index in [1.807, 2.05) is 4.72 Å². The van der Waals surface area contributed by atoms with E-state index in [1.165, 1.54) is 0 Å². The standard InChI is InChI=1S/C10H16F3NO4S/c1-18-9(15)7-3-2-4-8(7)19(16,17)14-6-5-10(11,12)13/h7-8,14H,2-6H2,1H3. The quantitative estimate of drug-likeness (QED) is 0.775. The van der Waals surface area contributed by atoms with Gasteiger partial charge in [-0.1, -0.05) is 6.42 Å². The number of carbonyl (C=O) groups is 1. The van der Waals surface area contributed by atoms with Crippen molar-refractivity contribution in [1.29, 1.82) is 0 Å². The molecule has 1 rings (SSSR count). The Labute approximate surface area is 109 Å². The number of hydrogen-bond acceptors (Lipinski definition) is 4. The molecule has 0 heterocycles. The summed E-state index contributed by atoms with van der Waals surface area (Å²) in [5.41, 5.74) is 0. The number of rotatable bonds is 5. The second kappa shape index (κ2) is 6.08. The highest BCUT2D eigenvalue weighted by Crippen LogP contribution is 2.31. The Kier molecular flexibility index (Phi) is 5.19. The zero-order valence-corrected chi connectivity index (χ0v) is 11.2. The van der Waals surface area contributed by atoms with Crippen LogP contribution in [0.1, 0.15) is 25.7 Å². The van der Waals surface area contributed by atoms with Crippen molar-refractivity contribution in [2.75, 3.05) is 13.7 Å². The van der Waals surface area contributed by atoms with Crippen LogP contribution in [0, 0.1) is 5.92 Å². The topological polar surface area (TPSA) is 72.5 Å². The van der Waals surface area contributed by atoms with E-state index in [4.69, 9.17) is 0 Å². The molecular weight excluding hydrogens is 287 g/mol. The maximum Gasteiger partial charge on any atom is 0.390 e. The number of esters is 1. The van der Waals surface area contributed by atoms with Crippen LogP contribution in [0.2, 0.25) is 0 Å². The zero-order valence-electron chi connectivity index (χ0n) is 10.4. The van der Waals surface area contributed by atoms with Crippen LogP contribution < -0.4 is 4.72 Å². The number of ether oxygens (including phenoxy) is 1. The minimum atomic E-state index is -4.42. The highest BCUT2D eigenvalue weighted by Gasteiger charge is 2.42. The average Bonchev–Trinajstić information content (AvgIpc) is 2.75. The molecule has 0 aliphatic heterocycles. The van der Waals surface area contributed by atoms with Crippen LogP contribution in [0.15, 0.2) is 0 Å². The van der Waals surface area contributed by atoms with Crippen molar-refractivity contribution in [2.24, 2.45) is 5.92 Å². The van der Waals surface area contributed by atoms with Gasteiger partial charge >= 0.3 is 12.1 Å². The number of hydrogen-bond donors (Lipinski definition) is 1. The lowest BCUT2D eigenvalue weighted by Crippen LogP contribution is -2.40. The molecule has 2 atom stereocenters. The maximum atomic E-state index is 12.0. The maximum absolute atomic E-state index is 12.0. The van der Waals surface area contributed by atoms with Crippen LogP contribution in [0.5, 0.6) is 0 Å². The Morgan fingerprint density at radius 1 is 1.37 bits per heavy atom. The fraction of sp³-hybridized carbons (Fsp3) is 0.900. The van der Waals surface area contributed by atoms with E-state index in [2.05, 4.69) is 4.74 Å². The van der Waals surface area contributed by atoms with Crippen molar-refractivity contribution >= 4 is 16.0 Å². The predicted octanol–water partition coefficient (Wildman–Crippen LogP) is 1.20. The summed E-state index contributed by atoms with van der Waals surface area (Å²) in [4.78, 5) is 11.4. The van der Waals surface area contributed by atoms with E-state index in [-0.39, 0.29) is 6.42 Å². The van der Waals surface area contributed by atoms with Gasteiger partial charge in [0.2, 0.25) is 10.0 Å². The first-order chi connectivity index (χ1) is 8.67. The second-order valence-electron chi connectivity index (χ2n) is 4.40. The molecule has 1 fully saturated rings. The van der Waals surface area contributed by atoms with E-state index in [0.29, 0.717) is 12.8 Å². The van der Waals surface area contributed by atoms with Crippen molar-refractivity contribution in [1.82, 2.24) is 4.72 Å². The fourth-order valence-electron chi connectivity index (χ4n) is 2.16. The first-order valence-electron chi connectivity index (χ1n) is 5.80. The Hall–Kier alpha value is -0.830. The van der Waals surface area contributed by atoms with Gasteiger partial charge in [0.1, 0.15) is 0 Å². The third-order valence-electron chi connectivity index (χ3n) is 3.07. The SMILES string of the molecule is COC(=O)C1CCCC1S(=O)(=O)NCCC(F)(F)F. The summed E-state index contributed by atoms with van der Waals surface area (Å²) in [7, 11) is -2.78. The Balaban J connectivity index is 2.64. The minimum absolute atomic E-state index is 0.251. The van der Waals surface area contributed by atoms with Gasteiger partial charge in [-0.05, 0) is 12.8 Å². The number of nitrogens with one attached hydrogen (secondary N) is 1. The van der Waals surface area contributed by atoms with Crippen LogP contribution >= 0.6 is 0 Å². The highest BCUT2D eigenvalue weighted by molar-refractivity contribution is 7.90. The van der Waals surface area contributed by atoms with Crippen LogP contribution in [0.4, 0.5) is 13.2 Å². The lowest BCUT2D eigenvalue weighted by atomic mass is 10.1. The number of sulfonamides is 1. The summed E-state index contributed by atoms with van der Waals surface area (Å²) < 4.78 is 66.0. The van der Waals surface area contributed by atoms with Crippen molar-refractivity contribution in [2.45, 2.75) is 37.1 Å². The molecule has 0 amide bonds. The van der Waals surface area contributed by atoms with Gasteiger partial charge in [0, 0.05) is 6.54 Å². The number of methoxy groups -OCH3 is 1. The average molecular weight is 303 g/mol. The van der Waals surface area contributed by atoms with Crippen LogP contribution in [0.25, 0.3) is 0 Å². The van der Waals surface area contributed by atoms with Gasteiger partial charge in [0.05, 0.1) is 24.7 Å². The van der Waals surface area contributed by atoms with Crippen LogP contribution in [-0.2, 0) is 19.6 Å². The Morgan fingerprint density at radius 2 is 2.00 bits per heavy atom. The largest absolute Gasteiger partial charge is 0.469 e. The smallest absolute Gasteiger partial charge is 0.390 e. The van der Waals surface area contributed by atoms with Crippen molar-refractivity contribution in [3.63, 3.8) is 0 Å². The monoisotopic (exact) mass is 303 g/mol. The fourth-order valence-corrected chi connectivity index (χ4v) is 3.92. The van der Waals surface area contributed by atoms with Gasteiger partial charge in [0.25, 0.3) is 0 Å². The summed E-state index contributed by atoms with van der Waals surface area (Å²) in [5.74, 6) is -1.43. The molecule has 5 nitrogen and oxygen atoms in total. The van der Waals surface area contributed by atoms with Gasteiger partial charge in [-0.25, -0.2) is 13.1 Å². The van der Waals surface area contributed by atoms with E-state index >= 15 is 0 Å². The van der Waals surface area contributed by atoms with Crippen molar-refractivity contribution < 1.29 is 31.1 Å². The predicted molar refractivity (Wildman–Crippen MR) is 60.7 cm³/mol. The molecule has 1 saturated carbocycles. The second-order valence-corrected chi connectivity index (χ2v) is 6.39. The highest BCUT2D eigenvalue weighted by atomic mass is 32.2. The summed E-state index contributed by atoms with van der Waals surface area (Å²) in [5, 5.41) is -1.01. The first kappa shape index (κ1) is 16.2. The molecule has 112 valence electrons. The molecule has 0 spiro atoms. The zero-order chi connectivity index (χ0) is 14.7. The molecule has 2 unspecified atom stereocenters. The van der Waals surface area contributed by atoms with Gasteiger partial charge in [-0.15, -0.1) is 0 Å². The molecule has 1 aliphatic rings. The lowest BCUT2D eigenvalue weighted by Gasteiger charge is -2.18. The van der Waals surface area contributed by atoms with Gasteiger partial charge < -0.3 is 4.74 Å². The van der Waals surface area contributed by atoms with Gasteiger partial charge in [0.15, 0.2) is 0 Å². The first-order valence-corrected chi connectivity index (χ1v) is 7.35. The molecule has 0 aromatic carbocycles. The molecule has 9 heteroatoms. The van der Waals surface area contributed by atoms with Gasteiger partial charge in [-0.3, -0.25) is 4.79 Å². The Morgan fingerprint density at radius 3 is 2.53 bits per heavy atom. The van der Waals surface area contributed by atoms with Gasteiger partial charge in [-0.2, -0.15) is 13.2 Å². The summed E-state index contributed by atoms with van der Waals surface area (Å²) in [6.07, 6.45) is -4.49. The van der Waals surface area contributed by atoms with Crippen LogP contribution in [-0.4, -0.2) is 39.5 Å². The molecule has 1 N–H and O–H groups in total.